The molecule has 0 N–H and O–H groups in total. The fourth-order valence-corrected chi connectivity index (χ4v) is 3.61. The van der Waals surface area contributed by atoms with Crippen LogP contribution < -0.4 is 0 Å². The van der Waals surface area contributed by atoms with E-state index in [1.807, 2.05) is 0 Å². The molecule has 1 spiro atoms. The molecule has 0 aromatic rings. The van der Waals surface area contributed by atoms with Gasteiger partial charge >= 0.3 is 0 Å². The normalized spacial score (nSPS) is 50.1. The Hall–Kier alpha value is -0.0800. The van der Waals surface area contributed by atoms with Crippen molar-refractivity contribution >= 4 is 0 Å². The van der Waals surface area contributed by atoms with Crippen LogP contribution in [-0.4, -0.2) is 30.8 Å². The number of nitrogens with zero attached hydrogens (tertiary/aromatic N) is 1. The molecule has 0 amide bonds. The second kappa shape index (κ2) is 3.49. The largest absolute Gasteiger partial charge is 0.360 e. The predicted octanol–water partition coefficient (Wildman–Crippen LogP) is 2.35. The summed E-state index contributed by atoms with van der Waals surface area (Å²) in [5, 5.41) is 0. The summed E-state index contributed by atoms with van der Waals surface area (Å²) in [5.74, 6) is 2.14. The van der Waals surface area contributed by atoms with Crippen LogP contribution in [0.2, 0.25) is 0 Å². The molecule has 2 rings (SSSR count). The summed E-state index contributed by atoms with van der Waals surface area (Å²) in [6.45, 7) is 9.21. The standard InChI is InChI=1S/C12H23NO/c1-9-8-10(2)12(11(9)3)13(4)6-5-7-14-12/h9-11H,5-8H2,1-4H3/t9-,10+,11-,12-/m0/s1. The van der Waals surface area contributed by atoms with E-state index in [0.29, 0.717) is 11.8 Å². The summed E-state index contributed by atoms with van der Waals surface area (Å²) in [7, 11) is 2.23. The summed E-state index contributed by atoms with van der Waals surface area (Å²) in [5.41, 5.74) is 0.0532. The van der Waals surface area contributed by atoms with Crippen LogP contribution in [0.4, 0.5) is 0 Å². The van der Waals surface area contributed by atoms with E-state index >= 15 is 0 Å². The average molecular weight is 197 g/mol. The SMILES string of the molecule is C[C@@H]1C[C@H](C)[C@H](C)[C@@]12OCCCN2C. The average Bonchev–Trinajstić information content (AvgIpc) is 2.36. The van der Waals surface area contributed by atoms with E-state index < -0.39 is 0 Å². The molecule has 1 aliphatic heterocycles. The van der Waals surface area contributed by atoms with Crippen molar-refractivity contribution in [2.75, 3.05) is 20.2 Å². The van der Waals surface area contributed by atoms with E-state index in [1.165, 1.54) is 19.4 Å². The first kappa shape index (κ1) is 10.4. The van der Waals surface area contributed by atoms with Crippen LogP contribution in [0.25, 0.3) is 0 Å². The van der Waals surface area contributed by atoms with Crippen LogP contribution in [0, 0.1) is 17.8 Å². The second-order valence-corrected chi connectivity index (χ2v) is 5.28. The lowest BCUT2D eigenvalue weighted by Crippen LogP contribution is -2.58. The van der Waals surface area contributed by atoms with E-state index in [0.717, 1.165) is 12.5 Å². The zero-order chi connectivity index (χ0) is 10.3. The van der Waals surface area contributed by atoms with E-state index in [1.54, 1.807) is 0 Å². The molecule has 1 saturated carbocycles. The fraction of sp³-hybridized carbons (Fsp3) is 1.00. The lowest BCUT2D eigenvalue weighted by Gasteiger charge is -2.48. The van der Waals surface area contributed by atoms with Gasteiger partial charge in [0.05, 0.1) is 6.61 Å². The minimum atomic E-state index is 0.0532. The van der Waals surface area contributed by atoms with Gasteiger partial charge in [0.1, 0.15) is 5.72 Å². The summed E-state index contributed by atoms with van der Waals surface area (Å²) in [6, 6.07) is 0. The van der Waals surface area contributed by atoms with Crippen molar-refractivity contribution in [2.24, 2.45) is 17.8 Å². The molecule has 0 unspecified atom stereocenters. The zero-order valence-corrected chi connectivity index (χ0v) is 9.92. The Kier molecular flexibility index (Phi) is 2.61. The molecule has 4 atom stereocenters. The van der Waals surface area contributed by atoms with Gasteiger partial charge < -0.3 is 4.74 Å². The molecule has 1 aliphatic carbocycles. The molecular formula is C12H23NO. The Balaban J connectivity index is 2.27. The fourth-order valence-electron chi connectivity index (χ4n) is 3.61. The van der Waals surface area contributed by atoms with Crippen LogP contribution in [0.1, 0.15) is 33.6 Å². The summed E-state index contributed by atoms with van der Waals surface area (Å²) in [6.07, 6.45) is 2.50. The van der Waals surface area contributed by atoms with Gasteiger partial charge in [0.25, 0.3) is 0 Å². The second-order valence-electron chi connectivity index (χ2n) is 5.28. The Labute approximate surface area is 87.6 Å². The molecule has 0 aromatic heterocycles. The molecule has 2 nitrogen and oxygen atoms in total. The Morgan fingerprint density at radius 2 is 2.00 bits per heavy atom. The van der Waals surface area contributed by atoms with Crippen molar-refractivity contribution in [3.8, 4) is 0 Å². The lowest BCUT2D eigenvalue weighted by molar-refractivity contribution is -0.217. The van der Waals surface area contributed by atoms with E-state index in [-0.39, 0.29) is 5.72 Å². The van der Waals surface area contributed by atoms with Crippen molar-refractivity contribution in [1.29, 1.82) is 0 Å². The molecule has 2 aliphatic rings. The maximum Gasteiger partial charge on any atom is 0.126 e. The van der Waals surface area contributed by atoms with Crippen LogP contribution in [0.15, 0.2) is 0 Å². The highest BCUT2D eigenvalue weighted by atomic mass is 16.5. The Bertz CT molecular complexity index is 212. The van der Waals surface area contributed by atoms with Crippen molar-refractivity contribution in [3.63, 3.8) is 0 Å². The molecule has 1 saturated heterocycles. The highest BCUT2D eigenvalue weighted by Crippen LogP contribution is 2.49. The van der Waals surface area contributed by atoms with Gasteiger partial charge in [-0.1, -0.05) is 20.8 Å². The van der Waals surface area contributed by atoms with Gasteiger partial charge in [0.2, 0.25) is 0 Å². The third-order valence-electron chi connectivity index (χ3n) is 4.51. The number of rotatable bonds is 0. The monoisotopic (exact) mass is 197 g/mol. The number of ether oxygens (including phenoxy) is 1. The third-order valence-corrected chi connectivity index (χ3v) is 4.51. The molecule has 0 bridgehead atoms. The van der Waals surface area contributed by atoms with Crippen LogP contribution in [0.3, 0.4) is 0 Å². The van der Waals surface area contributed by atoms with Gasteiger partial charge in [-0.3, -0.25) is 4.90 Å². The highest BCUT2D eigenvalue weighted by molar-refractivity contribution is 4.99. The van der Waals surface area contributed by atoms with Crippen molar-refractivity contribution in [2.45, 2.75) is 39.3 Å². The molecule has 2 heteroatoms. The van der Waals surface area contributed by atoms with Gasteiger partial charge in [0, 0.05) is 12.5 Å². The minimum absolute atomic E-state index is 0.0532. The molecule has 14 heavy (non-hydrogen) atoms. The lowest BCUT2D eigenvalue weighted by atomic mass is 9.90. The summed E-state index contributed by atoms with van der Waals surface area (Å²) in [4.78, 5) is 2.45. The Morgan fingerprint density at radius 1 is 1.29 bits per heavy atom. The first-order valence-corrected chi connectivity index (χ1v) is 5.94. The van der Waals surface area contributed by atoms with Crippen LogP contribution in [-0.2, 0) is 4.74 Å². The Morgan fingerprint density at radius 3 is 2.50 bits per heavy atom. The zero-order valence-electron chi connectivity index (χ0n) is 9.92. The number of hydrogen-bond donors (Lipinski definition) is 0. The molecule has 0 aromatic carbocycles. The van der Waals surface area contributed by atoms with E-state index in [4.69, 9.17) is 4.74 Å². The highest BCUT2D eigenvalue weighted by Gasteiger charge is 2.54. The van der Waals surface area contributed by atoms with Crippen molar-refractivity contribution < 1.29 is 4.74 Å². The van der Waals surface area contributed by atoms with Gasteiger partial charge in [-0.25, -0.2) is 0 Å². The van der Waals surface area contributed by atoms with Gasteiger partial charge in [-0.15, -0.1) is 0 Å². The quantitative estimate of drug-likeness (QED) is 0.591. The van der Waals surface area contributed by atoms with E-state index in [9.17, 15) is 0 Å². The summed E-state index contributed by atoms with van der Waals surface area (Å²) >= 11 is 0. The first-order chi connectivity index (χ1) is 6.59. The van der Waals surface area contributed by atoms with E-state index in [2.05, 4.69) is 32.7 Å². The third kappa shape index (κ3) is 1.24. The molecule has 2 fully saturated rings. The maximum absolute atomic E-state index is 6.16. The topological polar surface area (TPSA) is 12.5 Å². The summed E-state index contributed by atoms with van der Waals surface area (Å²) < 4.78 is 6.16. The molecule has 1 heterocycles. The smallest absolute Gasteiger partial charge is 0.126 e. The molecule has 82 valence electrons. The molecular weight excluding hydrogens is 174 g/mol. The van der Waals surface area contributed by atoms with Crippen LogP contribution >= 0.6 is 0 Å². The van der Waals surface area contributed by atoms with Gasteiger partial charge in [-0.2, -0.15) is 0 Å². The van der Waals surface area contributed by atoms with Gasteiger partial charge in [0.15, 0.2) is 0 Å². The number of hydrogen-bond acceptors (Lipinski definition) is 2. The maximum atomic E-state index is 6.16. The first-order valence-electron chi connectivity index (χ1n) is 5.94. The molecule has 0 radical (unpaired) electrons. The van der Waals surface area contributed by atoms with Gasteiger partial charge in [-0.05, 0) is 31.7 Å². The van der Waals surface area contributed by atoms with Crippen molar-refractivity contribution in [3.05, 3.63) is 0 Å². The van der Waals surface area contributed by atoms with Crippen LogP contribution in [0.5, 0.6) is 0 Å². The van der Waals surface area contributed by atoms with Crippen molar-refractivity contribution in [1.82, 2.24) is 4.90 Å². The predicted molar refractivity (Wildman–Crippen MR) is 58.0 cm³/mol. The minimum Gasteiger partial charge on any atom is -0.360 e.